The van der Waals surface area contributed by atoms with Crippen LogP contribution in [0.2, 0.25) is 0 Å². The first-order chi connectivity index (χ1) is 24.2. The molecule has 4 aromatic rings. The molecule has 268 valence electrons. The Labute approximate surface area is 295 Å². The van der Waals surface area contributed by atoms with Crippen LogP contribution in [0.15, 0.2) is 48.8 Å². The molecule has 0 bridgehead atoms. The molecule has 0 aliphatic carbocycles. The molecule has 1 fully saturated rings. The van der Waals surface area contributed by atoms with Gasteiger partial charge in [-0.25, -0.2) is 14.8 Å². The SMILES string of the molecule is CCCC[C@H](C)c1ncc(-c2ccc3c(c2)OCCOCCOCCOc2cc(-c4cnc([C@@H]5CCCN5C(=O)OC(C)(C)C)[nH]4)ccc2-3)[nH]1. The highest BCUT2D eigenvalue weighted by Gasteiger charge is 2.35. The standard InChI is InChI=1S/C39H51N5O6/c1-6-7-9-26(2)36-40-24-31(42-36)27-11-13-29-30-14-12-28(23-35(30)49-21-19-47-17-16-46-18-20-48-34(29)22-27)32-25-41-37(43-32)33-10-8-15-44(33)38(45)50-39(3,4)5/h11-14,22-26,33H,6-10,15-21H2,1-5H3,(H,40,42)(H,41,43)/t26-,33-/m0/s1. The van der Waals surface area contributed by atoms with Gasteiger partial charge in [0.25, 0.3) is 0 Å². The predicted molar refractivity (Wildman–Crippen MR) is 193 cm³/mol. The molecular weight excluding hydrogens is 634 g/mol. The average molecular weight is 686 g/mol. The summed E-state index contributed by atoms with van der Waals surface area (Å²) < 4.78 is 29.9. The number of unbranched alkanes of at least 4 members (excludes halogenated alkanes) is 1. The Balaban J connectivity index is 1.30. The number of imidazole rings is 2. The van der Waals surface area contributed by atoms with E-state index in [1.165, 1.54) is 12.8 Å². The molecule has 2 aromatic heterocycles. The number of likely N-dealkylation sites (tertiary alicyclic amines) is 1. The molecule has 6 rings (SSSR count). The normalized spacial score (nSPS) is 17.9. The molecule has 0 radical (unpaired) electrons. The minimum Gasteiger partial charge on any atom is -0.491 e. The fourth-order valence-electron chi connectivity index (χ4n) is 6.43. The van der Waals surface area contributed by atoms with Crippen LogP contribution in [-0.4, -0.2) is 82.7 Å². The number of amides is 1. The van der Waals surface area contributed by atoms with E-state index in [9.17, 15) is 4.79 Å². The molecule has 1 amide bonds. The number of hydrogen-bond acceptors (Lipinski definition) is 8. The van der Waals surface area contributed by atoms with Gasteiger partial charge in [0.2, 0.25) is 0 Å². The molecule has 2 N–H and O–H groups in total. The lowest BCUT2D eigenvalue weighted by Gasteiger charge is -2.27. The average Bonchev–Trinajstić information content (AvgIpc) is 3.88. The maximum Gasteiger partial charge on any atom is 0.410 e. The molecule has 2 atom stereocenters. The molecule has 11 nitrogen and oxygen atoms in total. The number of benzene rings is 2. The minimum atomic E-state index is -0.563. The number of aromatic amines is 2. The number of nitrogens with one attached hydrogen (secondary N) is 2. The zero-order chi connectivity index (χ0) is 35.1. The lowest BCUT2D eigenvalue weighted by molar-refractivity contribution is 0.0218. The van der Waals surface area contributed by atoms with Crippen molar-refractivity contribution >= 4 is 6.09 Å². The number of hydrogen-bond donors (Lipinski definition) is 2. The van der Waals surface area contributed by atoms with E-state index in [-0.39, 0.29) is 12.1 Å². The highest BCUT2D eigenvalue weighted by molar-refractivity contribution is 5.81. The Morgan fingerprint density at radius 1 is 0.900 bits per heavy atom. The van der Waals surface area contributed by atoms with E-state index >= 15 is 0 Å². The Kier molecular flexibility index (Phi) is 11.4. The van der Waals surface area contributed by atoms with Gasteiger partial charge in [0, 0.05) is 34.7 Å². The van der Waals surface area contributed by atoms with Gasteiger partial charge in [-0.3, -0.25) is 4.90 Å². The third kappa shape index (κ3) is 8.68. The number of nitrogens with zero attached hydrogens (tertiary/aromatic N) is 3. The number of ether oxygens (including phenoxy) is 5. The lowest BCUT2D eigenvalue weighted by atomic mass is 9.98. The molecular formula is C39H51N5O6. The maximum atomic E-state index is 13.0. The van der Waals surface area contributed by atoms with Crippen LogP contribution < -0.4 is 9.47 Å². The number of carbonyl (C=O) groups excluding carboxylic acids is 1. The van der Waals surface area contributed by atoms with E-state index in [0.717, 1.165) is 70.3 Å². The van der Waals surface area contributed by atoms with Crippen molar-refractivity contribution in [3.05, 3.63) is 60.4 Å². The number of rotatable bonds is 7. The first kappa shape index (κ1) is 35.5. The quantitative estimate of drug-likeness (QED) is 0.199. The molecule has 2 aromatic carbocycles. The van der Waals surface area contributed by atoms with Gasteiger partial charge < -0.3 is 33.7 Å². The Hall–Kier alpha value is -4.35. The van der Waals surface area contributed by atoms with Gasteiger partial charge in [0.15, 0.2) is 0 Å². The van der Waals surface area contributed by atoms with Crippen molar-refractivity contribution in [2.24, 2.45) is 0 Å². The van der Waals surface area contributed by atoms with Crippen LogP contribution in [0, 0.1) is 0 Å². The first-order valence-corrected chi connectivity index (χ1v) is 18.0. The van der Waals surface area contributed by atoms with Crippen LogP contribution in [0.5, 0.6) is 11.5 Å². The summed E-state index contributed by atoms with van der Waals surface area (Å²) >= 11 is 0. The Morgan fingerprint density at radius 2 is 1.50 bits per heavy atom. The fraction of sp³-hybridized carbons (Fsp3) is 0.513. The minimum absolute atomic E-state index is 0.169. The number of carbonyl (C=O) groups is 1. The maximum absolute atomic E-state index is 13.0. The second-order valence-corrected chi connectivity index (χ2v) is 14.1. The summed E-state index contributed by atoms with van der Waals surface area (Å²) in [4.78, 5) is 31.2. The summed E-state index contributed by atoms with van der Waals surface area (Å²) in [5.41, 5.74) is 4.96. The van der Waals surface area contributed by atoms with Crippen molar-refractivity contribution in [2.75, 3.05) is 46.2 Å². The molecule has 4 heterocycles. The summed E-state index contributed by atoms with van der Waals surface area (Å²) in [5, 5.41) is 0. The highest BCUT2D eigenvalue weighted by Crippen LogP contribution is 2.41. The molecule has 0 saturated carbocycles. The van der Waals surface area contributed by atoms with Crippen LogP contribution >= 0.6 is 0 Å². The highest BCUT2D eigenvalue weighted by atomic mass is 16.6. The smallest absolute Gasteiger partial charge is 0.410 e. The zero-order valence-corrected chi connectivity index (χ0v) is 30.0. The van der Waals surface area contributed by atoms with Gasteiger partial charge in [0.1, 0.15) is 42.0 Å². The zero-order valence-electron chi connectivity index (χ0n) is 30.0. The monoisotopic (exact) mass is 685 g/mol. The van der Waals surface area contributed by atoms with Crippen molar-refractivity contribution in [1.82, 2.24) is 24.8 Å². The summed E-state index contributed by atoms with van der Waals surface area (Å²) in [7, 11) is 0. The third-order valence-corrected chi connectivity index (χ3v) is 9.06. The van der Waals surface area contributed by atoms with Crippen molar-refractivity contribution in [3.63, 3.8) is 0 Å². The van der Waals surface area contributed by atoms with Gasteiger partial charge in [-0.1, -0.05) is 38.8 Å². The summed E-state index contributed by atoms with van der Waals surface area (Å²) in [6.07, 6.45) is 8.57. The molecule has 11 heteroatoms. The van der Waals surface area contributed by atoms with Crippen molar-refractivity contribution in [1.29, 1.82) is 0 Å². The molecule has 2 aliphatic heterocycles. The number of fused-ring (bicyclic) bond motifs is 3. The van der Waals surface area contributed by atoms with Crippen LogP contribution in [-0.2, 0) is 14.2 Å². The summed E-state index contributed by atoms with van der Waals surface area (Å²) in [6, 6.07) is 12.2. The van der Waals surface area contributed by atoms with E-state index in [1.807, 2.05) is 39.2 Å². The van der Waals surface area contributed by atoms with E-state index < -0.39 is 5.60 Å². The van der Waals surface area contributed by atoms with Crippen LogP contribution in [0.1, 0.15) is 90.3 Å². The van der Waals surface area contributed by atoms with Crippen LogP contribution in [0.4, 0.5) is 4.79 Å². The van der Waals surface area contributed by atoms with Gasteiger partial charge in [-0.15, -0.1) is 0 Å². The predicted octanol–water partition coefficient (Wildman–Crippen LogP) is 8.30. The summed E-state index contributed by atoms with van der Waals surface area (Å²) in [6.45, 7) is 13.3. The van der Waals surface area contributed by atoms with E-state index in [4.69, 9.17) is 33.7 Å². The van der Waals surface area contributed by atoms with Crippen LogP contribution in [0.25, 0.3) is 33.6 Å². The molecule has 0 unspecified atom stereocenters. The number of aromatic nitrogens is 4. The topological polar surface area (TPSA) is 124 Å². The number of H-pyrrole nitrogens is 2. The fourth-order valence-corrected chi connectivity index (χ4v) is 6.43. The Bertz CT molecular complexity index is 1730. The van der Waals surface area contributed by atoms with Crippen molar-refractivity contribution in [2.45, 2.75) is 84.3 Å². The largest absolute Gasteiger partial charge is 0.491 e. The summed E-state index contributed by atoms with van der Waals surface area (Å²) in [5.74, 6) is 3.55. The van der Waals surface area contributed by atoms with Crippen molar-refractivity contribution in [3.8, 4) is 45.1 Å². The Morgan fingerprint density at radius 3 is 2.12 bits per heavy atom. The second-order valence-electron chi connectivity index (χ2n) is 14.1. The van der Waals surface area contributed by atoms with Crippen molar-refractivity contribution < 1.29 is 28.5 Å². The molecule has 1 saturated heterocycles. The van der Waals surface area contributed by atoms with E-state index in [1.54, 1.807) is 4.90 Å². The van der Waals surface area contributed by atoms with Gasteiger partial charge >= 0.3 is 6.09 Å². The van der Waals surface area contributed by atoms with Gasteiger partial charge in [0.05, 0.1) is 56.3 Å². The van der Waals surface area contributed by atoms with Crippen LogP contribution in [0.3, 0.4) is 0 Å². The first-order valence-electron chi connectivity index (χ1n) is 18.0. The van der Waals surface area contributed by atoms with E-state index in [2.05, 4.69) is 54.1 Å². The second kappa shape index (κ2) is 16.1. The molecule has 0 spiro atoms. The lowest BCUT2D eigenvalue weighted by Crippen LogP contribution is -2.36. The third-order valence-electron chi connectivity index (χ3n) is 9.06. The molecule has 50 heavy (non-hydrogen) atoms. The van der Waals surface area contributed by atoms with E-state index in [0.29, 0.717) is 57.9 Å². The molecule has 2 aliphatic rings. The van der Waals surface area contributed by atoms with Gasteiger partial charge in [-0.2, -0.15) is 0 Å². The van der Waals surface area contributed by atoms with Gasteiger partial charge in [-0.05, 0) is 64.3 Å².